The number of benzene rings is 1. The van der Waals surface area contributed by atoms with Gasteiger partial charge < -0.3 is 10.2 Å². The van der Waals surface area contributed by atoms with Crippen LogP contribution < -0.4 is 10.2 Å². The van der Waals surface area contributed by atoms with E-state index in [1.54, 1.807) is 11.0 Å². The van der Waals surface area contributed by atoms with E-state index < -0.39 is 0 Å². The fraction of sp³-hybridized carbons (Fsp3) is 0.312. The number of hydrogen-bond acceptors (Lipinski definition) is 3. The minimum atomic E-state index is -0.277. The van der Waals surface area contributed by atoms with Crippen molar-refractivity contribution in [1.29, 1.82) is 0 Å². The molecule has 1 aromatic heterocycles. The highest BCUT2D eigenvalue weighted by Gasteiger charge is 2.20. The second-order valence-electron chi connectivity index (χ2n) is 5.34. The Balaban J connectivity index is 1.77. The minimum absolute atomic E-state index is 0.277. The highest BCUT2D eigenvalue weighted by Crippen LogP contribution is 2.29. The molecule has 0 amide bonds. The van der Waals surface area contributed by atoms with E-state index in [0.717, 1.165) is 12.1 Å². The number of anilines is 2. The summed E-state index contributed by atoms with van der Waals surface area (Å²) < 4.78 is 13.3. The van der Waals surface area contributed by atoms with Gasteiger partial charge in [0.15, 0.2) is 5.82 Å². The summed E-state index contributed by atoms with van der Waals surface area (Å²) in [5, 5.41) is 3.99. The lowest BCUT2D eigenvalue weighted by Crippen LogP contribution is -2.16. The maximum absolute atomic E-state index is 13.3. The molecule has 0 atom stereocenters. The zero-order valence-electron chi connectivity index (χ0n) is 11.8. The molecule has 3 rings (SSSR count). The van der Waals surface area contributed by atoms with Crippen LogP contribution in [0, 0.1) is 5.82 Å². The second kappa shape index (κ2) is 6.00. The third-order valence-corrected chi connectivity index (χ3v) is 3.84. The van der Waals surface area contributed by atoms with E-state index in [1.807, 2.05) is 25.4 Å². The number of halogens is 2. The van der Waals surface area contributed by atoms with Crippen molar-refractivity contribution in [1.82, 2.24) is 10.3 Å². The Hall–Kier alpha value is -1.65. The summed E-state index contributed by atoms with van der Waals surface area (Å²) in [5.41, 5.74) is 1.77. The third-order valence-electron chi connectivity index (χ3n) is 3.56. The molecule has 0 spiro atoms. The van der Waals surface area contributed by atoms with Gasteiger partial charge in [0.1, 0.15) is 5.82 Å². The van der Waals surface area contributed by atoms with Crippen molar-refractivity contribution in [2.45, 2.75) is 25.4 Å². The lowest BCUT2D eigenvalue weighted by atomic mass is 10.2. The lowest BCUT2D eigenvalue weighted by molar-refractivity contribution is 0.628. The largest absolute Gasteiger partial charge is 0.328 e. The number of nitrogens with one attached hydrogen (secondary N) is 1. The van der Waals surface area contributed by atoms with E-state index in [-0.39, 0.29) is 5.82 Å². The first-order valence-electron chi connectivity index (χ1n) is 7.00. The van der Waals surface area contributed by atoms with E-state index >= 15 is 0 Å². The van der Waals surface area contributed by atoms with Crippen LogP contribution in [0.5, 0.6) is 0 Å². The standard InChI is InChI=1S/C16H17ClFN3/c1-21(14-4-2-3-12(18)8-14)16-15(17)7-11(10-20-16)9-19-13-5-6-13/h2-4,7-8,10,13,19H,5-6,9H2,1H3. The molecular weight excluding hydrogens is 289 g/mol. The quantitative estimate of drug-likeness (QED) is 0.908. The first kappa shape index (κ1) is 14.3. The number of hydrogen-bond donors (Lipinski definition) is 1. The summed E-state index contributed by atoms with van der Waals surface area (Å²) in [7, 11) is 1.82. The molecule has 1 aliphatic rings. The van der Waals surface area contributed by atoms with E-state index in [9.17, 15) is 4.39 Å². The minimum Gasteiger partial charge on any atom is -0.328 e. The van der Waals surface area contributed by atoms with Crippen LogP contribution in [0.2, 0.25) is 5.02 Å². The molecule has 0 saturated heterocycles. The Bertz CT molecular complexity index is 643. The molecule has 0 radical (unpaired) electrons. The van der Waals surface area contributed by atoms with Crippen LogP contribution in [0.25, 0.3) is 0 Å². The lowest BCUT2D eigenvalue weighted by Gasteiger charge is -2.20. The van der Waals surface area contributed by atoms with E-state index in [1.165, 1.54) is 25.0 Å². The first-order chi connectivity index (χ1) is 10.1. The summed E-state index contributed by atoms with van der Waals surface area (Å²) in [5.74, 6) is 0.346. The van der Waals surface area contributed by atoms with Gasteiger partial charge in [-0.3, -0.25) is 0 Å². The molecule has 0 unspecified atom stereocenters. The average molecular weight is 306 g/mol. The number of rotatable bonds is 5. The van der Waals surface area contributed by atoms with Gasteiger partial charge in [-0.25, -0.2) is 9.37 Å². The van der Waals surface area contributed by atoms with Gasteiger partial charge in [-0.05, 0) is 42.7 Å². The molecule has 1 aromatic carbocycles. The third kappa shape index (κ3) is 3.52. The van der Waals surface area contributed by atoms with Crippen LogP contribution in [-0.4, -0.2) is 18.1 Å². The predicted octanol–water partition coefficient (Wildman–Crippen LogP) is 3.89. The number of aromatic nitrogens is 1. The topological polar surface area (TPSA) is 28.2 Å². The van der Waals surface area contributed by atoms with Crippen molar-refractivity contribution in [3.05, 3.63) is 52.9 Å². The first-order valence-corrected chi connectivity index (χ1v) is 7.38. The monoisotopic (exact) mass is 305 g/mol. The fourth-order valence-corrected chi connectivity index (χ4v) is 2.49. The Labute approximate surface area is 128 Å². The van der Waals surface area contributed by atoms with Gasteiger partial charge >= 0.3 is 0 Å². The predicted molar refractivity (Wildman–Crippen MR) is 83.6 cm³/mol. The van der Waals surface area contributed by atoms with Crippen LogP contribution in [-0.2, 0) is 6.54 Å². The maximum Gasteiger partial charge on any atom is 0.151 e. The van der Waals surface area contributed by atoms with Gasteiger partial charge in [0.05, 0.1) is 5.02 Å². The SMILES string of the molecule is CN(c1cccc(F)c1)c1ncc(CNC2CC2)cc1Cl. The maximum atomic E-state index is 13.3. The molecule has 1 heterocycles. The number of nitrogens with zero attached hydrogens (tertiary/aromatic N) is 2. The van der Waals surface area contributed by atoms with Gasteiger partial charge in [-0.2, -0.15) is 0 Å². The van der Waals surface area contributed by atoms with Crippen molar-refractivity contribution in [3.63, 3.8) is 0 Å². The molecule has 5 heteroatoms. The molecule has 1 saturated carbocycles. The van der Waals surface area contributed by atoms with Crippen molar-refractivity contribution in [3.8, 4) is 0 Å². The Morgan fingerprint density at radius 3 is 2.86 bits per heavy atom. The Kier molecular flexibility index (Phi) is 4.08. The zero-order valence-corrected chi connectivity index (χ0v) is 12.6. The van der Waals surface area contributed by atoms with Gasteiger partial charge in [0, 0.05) is 31.5 Å². The molecule has 1 N–H and O–H groups in total. The molecule has 2 aromatic rings. The summed E-state index contributed by atoms with van der Waals surface area (Å²) in [4.78, 5) is 6.20. The van der Waals surface area contributed by atoms with Crippen LogP contribution in [0.3, 0.4) is 0 Å². The van der Waals surface area contributed by atoms with Gasteiger partial charge in [0.2, 0.25) is 0 Å². The van der Waals surface area contributed by atoms with E-state index in [0.29, 0.717) is 22.6 Å². The van der Waals surface area contributed by atoms with Crippen LogP contribution in [0.1, 0.15) is 18.4 Å². The fourth-order valence-electron chi connectivity index (χ4n) is 2.17. The van der Waals surface area contributed by atoms with E-state index in [2.05, 4.69) is 10.3 Å². The molecule has 110 valence electrons. The molecule has 3 nitrogen and oxygen atoms in total. The van der Waals surface area contributed by atoms with Crippen LogP contribution in [0.15, 0.2) is 36.5 Å². The molecule has 0 aliphatic heterocycles. The molecular formula is C16H17ClFN3. The van der Waals surface area contributed by atoms with E-state index in [4.69, 9.17) is 11.6 Å². The van der Waals surface area contributed by atoms with Gasteiger partial charge in [-0.1, -0.05) is 17.7 Å². The zero-order chi connectivity index (χ0) is 14.8. The molecule has 21 heavy (non-hydrogen) atoms. The van der Waals surface area contributed by atoms with Crippen LogP contribution >= 0.6 is 11.6 Å². The summed E-state index contributed by atoms with van der Waals surface area (Å²) in [6.07, 6.45) is 4.31. The van der Waals surface area contributed by atoms with Crippen molar-refractivity contribution >= 4 is 23.1 Å². The molecule has 0 bridgehead atoms. The smallest absolute Gasteiger partial charge is 0.151 e. The second-order valence-corrected chi connectivity index (χ2v) is 5.75. The van der Waals surface area contributed by atoms with Crippen molar-refractivity contribution in [2.75, 3.05) is 11.9 Å². The molecule has 1 aliphatic carbocycles. The van der Waals surface area contributed by atoms with Gasteiger partial charge in [-0.15, -0.1) is 0 Å². The average Bonchev–Trinajstić information content (AvgIpc) is 3.29. The van der Waals surface area contributed by atoms with Crippen molar-refractivity contribution < 1.29 is 4.39 Å². The summed E-state index contributed by atoms with van der Waals surface area (Å²) in [6, 6.07) is 8.93. The number of pyridine rings is 1. The van der Waals surface area contributed by atoms with Crippen molar-refractivity contribution in [2.24, 2.45) is 0 Å². The Morgan fingerprint density at radius 1 is 1.38 bits per heavy atom. The Morgan fingerprint density at radius 2 is 2.19 bits per heavy atom. The summed E-state index contributed by atoms with van der Waals surface area (Å²) in [6.45, 7) is 0.779. The van der Waals surface area contributed by atoms with Crippen LogP contribution in [0.4, 0.5) is 15.9 Å². The molecule has 1 fully saturated rings. The highest BCUT2D eigenvalue weighted by atomic mass is 35.5. The summed E-state index contributed by atoms with van der Waals surface area (Å²) >= 11 is 6.32. The van der Waals surface area contributed by atoms with Gasteiger partial charge in [0.25, 0.3) is 0 Å². The highest BCUT2D eigenvalue weighted by molar-refractivity contribution is 6.33. The normalized spacial score (nSPS) is 14.2.